The topological polar surface area (TPSA) is 24.9 Å². The van der Waals surface area contributed by atoms with Crippen LogP contribution in [0.15, 0.2) is 21.2 Å². The molecule has 0 aromatic carbocycles. The zero-order valence-corrected chi connectivity index (χ0v) is 12.4. The van der Waals surface area contributed by atoms with Crippen LogP contribution in [0, 0.1) is 5.92 Å². The average molecular weight is 336 g/mol. The molecule has 1 aromatic rings. The lowest BCUT2D eigenvalue weighted by atomic mass is 10.0. The summed E-state index contributed by atoms with van der Waals surface area (Å²) in [5.74, 6) is 1.55. The fraction of sp³-hybridized carbons (Fsp3) is 0.545. The molecule has 0 amide bonds. The summed E-state index contributed by atoms with van der Waals surface area (Å²) in [6.45, 7) is 6.63. The van der Waals surface area contributed by atoms with E-state index in [1.807, 2.05) is 6.07 Å². The number of hydrogen-bond acceptors (Lipinski definition) is 2. The van der Waals surface area contributed by atoms with Crippen LogP contribution in [0.3, 0.4) is 0 Å². The molecule has 1 rings (SSSR count). The van der Waals surface area contributed by atoms with Crippen molar-refractivity contribution in [1.82, 2.24) is 4.98 Å². The first kappa shape index (κ1) is 13.0. The largest absolute Gasteiger partial charge is 0.366 e. The Labute approximate surface area is 108 Å². The Morgan fingerprint density at radius 3 is 2.60 bits per heavy atom. The molecule has 0 fully saturated rings. The molecule has 0 saturated carbocycles. The Morgan fingerprint density at radius 1 is 1.40 bits per heavy atom. The highest BCUT2D eigenvalue weighted by Gasteiger charge is 2.11. The van der Waals surface area contributed by atoms with E-state index in [1.54, 1.807) is 6.20 Å². The van der Waals surface area contributed by atoms with Gasteiger partial charge in [-0.25, -0.2) is 4.98 Å². The van der Waals surface area contributed by atoms with Crippen molar-refractivity contribution in [2.75, 3.05) is 5.32 Å². The second-order valence-electron chi connectivity index (χ2n) is 3.80. The van der Waals surface area contributed by atoms with Gasteiger partial charge < -0.3 is 5.32 Å². The molecule has 4 heteroatoms. The fourth-order valence-corrected chi connectivity index (χ4v) is 2.33. The molecule has 0 aliphatic carbocycles. The van der Waals surface area contributed by atoms with E-state index in [2.05, 4.69) is 62.9 Å². The highest BCUT2D eigenvalue weighted by Crippen LogP contribution is 2.25. The van der Waals surface area contributed by atoms with E-state index >= 15 is 0 Å². The minimum absolute atomic E-state index is 0.431. The van der Waals surface area contributed by atoms with Crippen molar-refractivity contribution in [3.05, 3.63) is 21.2 Å². The van der Waals surface area contributed by atoms with E-state index in [-0.39, 0.29) is 0 Å². The zero-order chi connectivity index (χ0) is 11.4. The van der Waals surface area contributed by atoms with E-state index in [0.29, 0.717) is 12.0 Å². The smallest absolute Gasteiger partial charge is 0.140 e. The summed E-state index contributed by atoms with van der Waals surface area (Å²) in [5, 5.41) is 3.41. The van der Waals surface area contributed by atoms with Crippen LogP contribution in [0.4, 0.5) is 5.82 Å². The molecule has 15 heavy (non-hydrogen) atoms. The molecule has 0 saturated heterocycles. The van der Waals surface area contributed by atoms with Gasteiger partial charge in [-0.1, -0.05) is 20.3 Å². The second kappa shape index (κ2) is 5.85. The number of nitrogens with one attached hydrogen (secondary N) is 1. The molecule has 0 spiro atoms. The summed E-state index contributed by atoms with van der Waals surface area (Å²) in [5.41, 5.74) is 0. The van der Waals surface area contributed by atoms with Crippen LogP contribution < -0.4 is 5.32 Å². The Hall–Kier alpha value is -0.0900. The molecule has 1 heterocycles. The number of anilines is 1. The Morgan fingerprint density at radius 2 is 2.07 bits per heavy atom. The summed E-state index contributed by atoms with van der Waals surface area (Å²) < 4.78 is 1.98. The summed E-state index contributed by atoms with van der Waals surface area (Å²) in [7, 11) is 0. The Kier molecular flexibility index (Phi) is 5.06. The number of pyridine rings is 1. The summed E-state index contributed by atoms with van der Waals surface area (Å²) in [6, 6.07) is 2.43. The molecule has 2 atom stereocenters. The van der Waals surface area contributed by atoms with Gasteiger partial charge in [-0.15, -0.1) is 0 Å². The molecule has 0 aliphatic rings. The van der Waals surface area contributed by atoms with Crippen molar-refractivity contribution in [2.24, 2.45) is 5.92 Å². The van der Waals surface area contributed by atoms with Gasteiger partial charge in [0, 0.05) is 16.7 Å². The summed E-state index contributed by atoms with van der Waals surface area (Å²) in [6.07, 6.45) is 2.97. The van der Waals surface area contributed by atoms with Crippen molar-refractivity contribution < 1.29 is 0 Å². The number of hydrogen-bond donors (Lipinski definition) is 1. The van der Waals surface area contributed by atoms with E-state index in [9.17, 15) is 0 Å². The van der Waals surface area contributed by atoms with Crippen molar-refractivity contribution in [1.29, 1.82) is 0 Å². The van der Waals surface area contributed by atoms with Gasteiger partial charge in [0.2, 0.25) is 0 Å². The molecule has 2 unspecified atom stereocenters. The molecule has 84 valence electrons. The van der Waals surface area contributed by atoms with Crippen molar-refractivity contribution >= 4 is 37.7 Å². The van der Waals surface area contributed by atoms with Gasteiger partial charge in [-0.3, -0.25) is 0 Å². The minimum Gasteiger partial charge on any atom is -0.366 e. The van der Waals surface area contributed by atoms with E-state index in [1.165, 1.54) is 6.42 Å². The lowest BCUT2D eigenvalue weighted by molar-refractivity contribution is 0.493. The van der Waals surface area contributed by atoms with Gasteiger partial charge in [-0.2, -0.15) is 0 Å². The zero-order valence-electron chi connectivity index (χ0n) is 9.22. The van der Waals surface area contributed by atoms with Gasteiger partial charge in [0.25, 0.3) is 0 Å². The van der Waals surface area contributed by atoms with Crippen molar-refractivity contribution in [3.8, 4) is 0 Å². The average Bonchev–Trinajstić information content (AvgIpc) is 2.20. The maximum Gasteiger partial charge on any atom is 0.140 e. The van der Waals surface area contributed by atoms with Crippen LogP contribution >= 0.6 is 31.9 Å². The van der Waals surface area contributed by atoms with Crippen LogP contribution in [-0.2, 0) is 0 Å². The van der Waals surface area contributed by atoms with Gasteiger partial charge in [0.15, 0.2) is 0 Å². The quantitative estimate of drug-likeness (QED) is 0.879. The van der Waals surface area contributed by atoms with E-state index in [4.69, 9.17) is 0 Å². The standard InChI is InChI=1S/C11H16Br2N2/c1-4-7(2)8(3)15-11-10(13)5-9(12)6-14-11/h5-8H,4H2,1-3H3,(H,14,15). The summed E-state index contributed by atoms with van der Waals surface area (Å²) in [4.78, 5) is 4.33. The van der Waals surface area contributed by atoms with Crippen molar-refractivity contribution in [3.63, 3.8) is 0 Å². The number of nitrogens with zero attached hydrogens (tertiary/aromatic N) is 1. The van der Waals surface area contributed by atoms with Gasteiger partial charge >= 0.3 is 0 Å². The number of aromatic nitrogens is 1. The molecule has 1 aromatic heterocycles. The van der Waals surface area contributed by atoms with Gasteiger partial charge in [-0.05, 0) is 50.8 Å². The van der Waals surface area contributed by atoms with Crippen LogP contribution in [0.1, 0.15) is 27.2 Å². The third kappa shape index (κ3) is 3.76. The molecular weight excluding hydrogens is 320 g/mol. The normalized spacial score (nSPS) is 14.7. The molecule has 1 N–H and O–H groups in total. The lowest BCUT2D eigenvalue weighted by Gasteiger charge is -2.21. The predicted molar refractivity (Wildman–Crippen MR) is 72.2 cm³/mol. The second-order valence-corrected chi connectivity index (χ2v) is 5.57. The first-order valence-electron chi connectivity index (χ1n) is 5.12. The first-order chi connectivity index (χ1) is 7.04. The molecule has 0 radical (unpaired) electrons. The maximum absolute atomic E-state index is 4.33. The van der Waals surface area contributed by atoms with E-state index in [0.717, 1.165) is 14.8 Å². The Bertz CT molecular complexity index is 328. The molecule has 0 bridgehead atoms. The summed E-state index contributed by atoms with van der Waals surface area (Å²) >= 11 is 6.88. The number of rotatable bonds is 4. The van der Waals surface area contributed by atoms with Gasteiger partial charge in [0.1, 0.15) is 5.82 Å². The van der Waals surface area contributed by atoms with Crippen LogP contribution in [0.5, 0.6) is 0 Å². The van der Waals surface area contributed by atoms with Crippen molar-refractivity contribution in [2.45, 2.75) is 33.2 Å². The lowest BCUT2D eigenvalue weighted by Crippen LogP contribution is -2.23. The Balaban J connectivity index is 2.72. The van der Waals surface area contributed by atoms with Crippen LogP contribution in [0.2, 0.25) is 0 Å². The SMILES string of the molecule is CCC(C)C(C)Nc1ncc(Br)cc1Br. The minimum atomic E-state index is 0.431. The van der Waals surface area contributed by atoms with Crippen LogP contribution in [-0.4, -0.2) is 11.0 Å². The number of halogens is 2. The van der Waals surface area contributed by atoms with E-state index < -0.39 is 0 Å². The third-order valence-electron chi connectivity index (χ3n) is 2.67. The highest BCUT2D eigenvalue weighted by molar-refractivity contribution is 9.11. The fourth-order valence-electron chi connectivity index (χ4n) is 1.23. The monoisotopic (exact) mass is 334 g/mol. The maximum atomic E-state index is 4.33. The third-order valence-corrected chi connectivity index (χ3v) is 3.71. The molecule has 2 nitrogen and oxygen atoms in total. The molecular formula is C11H16Br2N2. The predicted octanol–water partition coefficient (Wildman–Crippen LogP) is 4.45. The van der Waals surface area contributed by atoms with Crippen LogP contribution in [0.25, 0.3) is 0 Å². The molecule has 0 aliphatic heterocycles. The first-order valence-corrected chi connectivity index (χ1v) is 6.70. The van der Waals surface area contributed by atoms with Gasteiger partial charge in [0.05, 0.1) is 4.47 Å². The highest BCUT2D eigenvalue weighted by atomic mass is 79.9.